The number of hydrogen-bond acceptors (Lipinski definition) is 5. The first-order chi connectivity index (χ1) is 15.9. The van der Waals surface area contributed by atoms with Gasteiger partial charge < -0.3 is 9.73 Å². The van der Waals surface area contributed by atoms with Gasteiger partial charge in [0.1, 0.15) is 11.6 Å². The second-order valence-corrected chi connectivity index (χ2v) is 10.0. The van der Waals surface area contributed by atoms with Crippen molar-refractivity contribution in [2.24, 2.45) is 0 Å². The minimum absolute atomic E-state index is 0.204. The number of anilines is 1. The zero-order chi connectivity index (χ0) is 23.0. The van der Waals surface area contributed by atoms with Crippen molar-refractivity contribution in [1.29, 1.82) is 0 Å². The van der Waals surface area contributed by atoms with Crippen molar-refractivity contribution < 1.29 is 17.6 Å². The lowest BCUT2D eigenvalue weighted by Crippen LogP contribution is -2.43. The standard InChI is InChI=1S/C25H23N3O4S/c1-17-8-14-20(15-9-17)33(30,31)28-16-4-6-22(28)24(29)26-19-12-10-18(11-13-19)25-27-21-5-2-3-7-23(21)32-25/h2-3,5,7-15,22H,4,6,16H2,1H3,(H,26,29). The molecule has 0 aliphatic carbocycles. The molecule has 1 aromatic heterocycles. The summed E-state index contributed by atoms with van der Waals surface area (Å²) < 4.78 is 33.3. The summed E-state index contributed by atoms with van der Waals surface area (Å²) in [5, 5.41) is 2.86. The van der Waals surface area contributed by atoms with Crippen LogP contribution in [-0.4, -0.2) is 36.2 Å². The van der Waals surface area contributed by atoms with Crippen molar-refractivity contribution in [1.82, 2.24) is 9.29 Å². The van der Waals surface area contributed by atoms with E-state index in [9.17, 15) is 13.2 Å². The lowest BCUT2D eigenvalue weighted by Gasteiger charge is -2.23. The summed E-state index contributed by atoms with van der Waals surface area (Å²) in [5.41, 5.74) is 3.83. The molecule has 1 aliphatic heterocycles. The Labute approximate surface area is 192 Å². The third-order valence-corrected chi connectivity index (χ3v) is 7.75. The number of hydrogen-bond donors (Lipinski definition) is 1. The molecule has 1 atom stereocenters. The molecule has 0 saturated carbocycles. The van der Waals surface area contributed by atoms with Gasteiger partial charge in [0.2, 0.25) is 21.8 Å². The van der Waals surface area contributed by atoms with Gasteiger partial charge in [-0.3, -0.25) is 4.79 Å². The molecule has 33 heavy (non-hydrogen) atoms. The third-order valence-electron chi connectivity index (χ3n) is 5.83. The molecule has 0 radical (unpaired) electrons. The van der Waals surface area contributed by atoms with E-state index in [1.165, 1.54) is 4.31 Å². The minimum Gasteiger partial charge on any atom is -0.436 e. The summed E-state index contributed by atoms with van der Waals surface area (Å²) in [5.74, 6) is 0.165. The van der Waals surface area contributed by atoms with Crippen molar-refractivity contribution in [2.45, 2.75) is 30.7 Å². The zero-order valence-corrected chi connectivity index (χ0v) is 18.9. The molecule has 1 aliphatic rings. The van der Waals surface area contributed by atoms with E-state index >= 15 is 0 Å². The number of carbonyl (C=O) groups is 1. The number of carbonyl (C=O) groups excluding carboxylic acids is 1. The van der Waals surface area contributed by atoms with E-state index in [0.29, 0.717) is 36.5 Å². The van der Waals surface area contributed by atoms with Gasteiger partial charge in [0.05, 0.1) is 4.90 Å². The highest BCUT2D eigenvalue weighted by Crippen LogP contribution is 2.28. The number of aromatic nitrogens is 1. The number of aryl methyl sites for hydroxylation is 1. The lowest BCUT2D eigenvalue weighted by atomic mass is 10.2. The highest BCUT2D eigenvalue weighted by Gasteiger charge is 2.39. The van der Waals surface area contributed by atoms with Gasteiger partial charge >= 0.3 is 0 Å². The second-order valence-electron chi connectivity index (χ2n) is 8.14. The number of rotatable bonds is 5. The number of fused-ring (bicyclic) bond motifs is 1. The normalized spacial score (nSPS) is 16.8. The first-order valence-corrected chi connectivity index (χ1v) is 12.2. The van der Waals surface area contributed by atoms with E-state index in [1.807, 2.05) is 43.3 Å². The Kier molecular flexibility index (Phi) is 5.47. The lowest BCUT2D eigenvalue weighted by molar-refractivity contribution is -0.119. The molecule has 2 heterocycles. The van der Waals surface area contributed by atoms with Gasteiger partial charge in [-0.05, 0) is 68.3 Å². The van der Waals surface area contributed by atoms with Crippen molar-refractivity contribution >= 4 is 32.7 Å². The predicted molar refractivity (Wildman–Crippen MR) is 126 cm³/mol. The van der Waals surface area contributed by atoms with Crippen molar-refractivity contribution in [2.75, 3.05) is 11.9 Å². The van der Waals surface area contributed by atoms with E-state index < -0.39 is 16.1 Å². The topological polar surface area (TPSA) is 92.5 Å². The fraction of sp³-hybridized carbons (Fsp3) is 0.200. The molecule has 1 fully saturated rings. The molecule has 0 spiro atoms. The highest BCUT2D eigenvalue weighted by molar-refractivity contribution is 7.89. The summed E-state index contributed by atoms with van der Waals surface area (Å²) in [6, 6.07) is 20.6. The maximum absolute atomic E-state index is 13.1. The van der Waals surface area contributed by atoms with Crippen LogP contribution in [0.2, 0.25) is 0 Å². The Morgan fingerprint density at radius 1 is 1.03 bits per heavy atom. The zero-order valence-electron chi connectivity index (χ0n) is 18.1. The number of para-hydroxylation sites is 2. The van der Waals surface area contributed by atoms with Crippen LogP contribution < -0.4 is 5.32 Å². The molecular formula is C25H23N3O4S. The Balaban J connectivity index is 1.32. The van der Waals surface area contributed by atoms with Crippen molar-refractivity contribution in [3.05, 3.63) is 78.4 Å². The fourth-order valence-corrected chi connectivity index (χ4v) is 5.71. The van der Waals surface area contributed by atoms with Crippen LogP contribution in [0.1, 0.15) is 18.4 Å². The number of nitrogens with one attached hydrogen (secondary N) is 1. The van der Waals surface area contributed by atoms with Gasteiger partial charge in [-0.25, -0.2) is 13.4 Å². The maximum Gasteiger partial charge on any atom is 0.243 e. The van der Waals surface area contributed by atoms with Crippen LogP contribution in [-0.2, 0) is 14.8 Å². The minimum atomic E-state index is -3.75. The largest absolute Gasteiger partial charge is 0.436 e. The van der Waals surface area contributed by atoms with Gasteiger partial charge in [0.15, 0.2) is 5.58 Å². The molecule has 1 amide bonds. The molecular weight excluding hydrogens is 438 g/mol. The summed E-state index contributed by atoms with van der Waals surface area (Å²) in [6.45, 7) is 2.23. The Morgan fingerprint density at radius 3 is 2.48 bits per heavy atom. The predicted octanol–water partition coefficient (Wildman–Crippen LogP) is 4.60. The number of benzene rings is 3. The first kappa shape index (κ1) is 21.4. The summed E-state index contributed by atoms with van der Waals surface area (Å²) in [6.07, 6.45) is 1.12. The van der Waals surface area contributed by atoms with Crippen LogP contribution >= 0.6 is 0 Å². The fourth-order valence-electron chi connectivity index (χ4n) is 4.05. The van der Waals surface area contributed by atoms with Gasteiger partial charge in [0, 0.05) is 17.8 Å². The second kappa shape index (κ2) is 8.46. The average molecular weight is 462 g/mol. The first-order valence-electron chi connectivity index (χ1n) is 10.8. The van der Waals surface area contributed by atoms with E-state index in [4.69, 9.17) is 4.42 Å². The van der Waals surface area contributed by atoms with Crippen LogP contribution in [0.4, 0.5) is 5.69 Å². The number of amides is 1. The van der Waals surface area contributed by atoms with E-state index in [1.54, 1.807) is 36.4 Å². The Bertz CT molecular complexity index is 1380. The molecule has 0 bridgehead atoms. The van der Waals surface area contributed by atoms with Gasteiger partial charge in [-0.15, -0.1) is 0 Å². The van der Waals surface area contributed by atoms with Gasteiger partial charge in [-0.2, -0.15) is 4.31 Å². The Hall–Kier alpha value is -3.49. The van der Waals surface area contributed by atoms with Crippen LogP contribution in [0.15, 0.2) is 82.1 Å². The SMILES string of the molecule is Cc1ccc(S(=O)(=O)N2CCCC2C(=O)Nc2ccc(-c3nc4ccccc4o3)cc2)cc1. The van der Waals surface area contributed by atoms with Crippen molar-refractivity contribution in [3.8, 4) is 11.5 Å². The monoisotopic (exact) mass is 461 g/mol. The molecule has 1 saturated heterocycles. The van der Waals surface area contributed by atoms with Crippen LogP contribution in [0.5, 0.6) is 0 Å². The number of oxazole rings is 1. The van der Waals surface area contributed by atoms with Crippen molar-refractivity contribution in [3.63, 3.8) is 0 Å². The van der Waals surface area contributed by atoms with Gasteiger partial charge in [0.25, 0.3) is 0 Å². The summed E-state index contributed by atoms with van der Waals surface area (Å²) >= 11 is 0. The molecule has 4 aromatic rings. The van der Waals surface area contributed by atoms with Crippen LogP contribution in [0.25, 0.3) is 22.6 Å². The quantitative estimate of drug-likeness (QED) is 0.469. The molecule has 168 valence electrons. The van der Waals surface area contributed by atoms with Crippen LogP contribution in [0.3, 0.4) is 0 Å². The molecule has 7 nitrogen and oxygen atoms in total. The molecule has 1 N–H and O–H groups in total. The third kappa shape index (κ3) is 4.15. The Morgan fingerprint density at radius 2 is 1.76 bits per heavy atom. The van der Waals surface area contributed by atoms with E-state index in [-0.39, 0.29) is 10.8 Å². The summed E-state index contributed by atoms with van der Waals surface area (Å²) in [4.78, 5) is 17.7. The average Bonchev–Trinajstić information content (AvgIpc) is 3.48. The molecule has 1 unspecified atom stereocenters. The number of sulfonamides is 1. The van der Waals surface area contributed by atoms with E-state index in [0.717, 1.165) is 16.6 Å². The molecule has 3 aromatic carbocycles. The van der Waals surface area contributed by atoms with Gasteiger partial charge in [-0.1, -0.05) is 29.8 Å². The maximum atomic E-state index is 13.1. The summed E-state index contributed by atoms with van der Waals surface area (Å²) in [7, 11) is -3.75. The van der Waals surface area contributed by atoms with E-state index in [2.05, 4.69) is 10.3 Å². The smallest absolute Gasteiger partial charge is 0.243 e. The molecule has 5 rings (SSSR count). The van der Waals surface area contributed by atoms with Crippen LogP contribution in [0, 0.1) is 6.92 Å². The highest BCUT2D eigenvalue weighted by atomic mass is 32.2. The molecule has 8 heteroatoms. The number of nitrogens with zero attached hydrogens (tertiary/aromatic N) is 2.